The number of nitrogens with zero attached hydrogens (tertiary/aromatic N) is 1. The van der Waals surface area contributed by atoms with Crippen LogP contribution in [0, 0.1) is 5.92 Å². The second-order valence-corrected chi connectivity index (χ2v) is 8.00. The first-order valence-electron chi connectivity index (χ1n) is 7.57. The van der Waals surface area contributed by atoms with E-state index in [9.17, 15) is 13.2 Å². The Labute approximate surface area is 128 Å². The Balaban J connectivity index is 2.60. The average molecular weight is 320 g/mol. The molecule has 1 aliphatic heterocycles. The van der Waals surface area contributed by atoms with Gasteiger partial charge >= 0.3 is 0 Å². The fourth-order valence-electron chi connectivity index (χ4n) is 2.39. The first-order chi connectivity index (χ1) is 9.70. The molecule has 1 N–H and O–H groups in total. The first-order valence-corrected chi connectivity index (χ1v) is 9.46. The third-order valence-electron chi connectivity index (χ3n) is 3.52. The zero-order valence-electron chi connectivity index (χ0n) is 13.5. The Morgan fingerprint density at radius 3 is 2.57 bits per heavy atom. The summed E-state index contributed by atoms with van der Waals surface area (Å²) < 4.78 is 30.5. The molecule has 1 saturated heterocycles. The van der Waals surface area contributed by atoms with Crippen LogP contribution in [0.15, 0.2) is 0 Å². The van der Waals surface area contributed by atoms with E-state index >= 15 is 0 Å². The smallest absolute Gasteiger partial charge is 0.251 e. The van der Waals surface area contributed by atoms with E-state index in [0.717, 1.165) is 25.5 Å². The molecule has 0 bridgehead atoms. The molecular weight excluding hydrogens is 292 g/mol. The SMILES string of the molecule is CC(C)CO[C@@H](C)C(=O)N1CCCC[C@H]1CNS(C)(=O)=O. The summed E-state index contributed by atoms with van der Waals surface area (Å²) in [5, 5.41) is 0. The minimum atomic E-state index is -3.23. The predicted molar refractivity (Wildman–Crippen MR) is 82.5 cm³/mol. The van der Waals surface area contributed by atoms with Gasteiger partial charge in [-0.05, 0) is 32.1 Å². The number of rotatable bonds is 7. The number of nitrogens with one attached hydrogen (secondary N) is 1. The number of carbonyl (C=O) groups is 1. The Morgan fingerprint density at radius 1 is 1.33 bits per heavy atom. The highest BCUT2D eigenvalue weighted by molar-refractivity contribution is 7.88. The lowest BCUT2D eigenvalue weighted by Crippen LogP contribution is -2.52. The van der Waals surface area contributed by atoms with E-state index in [1.165, 1.54) is 0 Å². The van der Waals surface area contributed by atoms with Crippen LogP contribution in [-0.4, -0.2) is 57.3 Å². The van der Waals surface area contributed by atoms with Crippen LogP contribution in [0.5, 0.6) is 0 Å². The molecule has 0 radical (unpaired) electrons. The van der Waals surface area contributed by atoms with E-state index < -0.39 is 16.1 Å². The van der Waals surface area contributed by atoms with Gasteiger partial charge in [0.05, 0.1) is 6.26 Å². The van der Waals surface area contributed by atoms with Crippen molar-refractivity contribution in [2.75, 3.05) is 26.0 Å². The number of ether oxygens (including phenoxy) is 1. The van der Waals surface area contributed by atoms with Crippen molar-refractivity contribution in [3.05, 3.63) is 0 Å². The molecule has 0 aromatic heterocycles. The predicted octanol–water partition coefficient (Wildman–Crippen LogP) is 0.978. The van der Waals surface area contributed by atoms with Crippen molar-refractivity contribution in [2.45, 2.75) is 52.2 Å². The van der Waals surface area contributed by atoms with Crippen molar-refractivity contribution in [1.82, 2.24) is 9.62 Å². The Morgan fingerprint density at radius 2 is 2.00 bits per heavy atom. The van der Waals surface area contributed by atoms with Crippen molar-refractivity contribution in [3.63, 3.8) is 0 Å². The maximum absolute atomic E-state index is 12.5. The fourth-order valence-corrected chi connectivity index (χ4v) is 2.89. The first kappa shape index (κ1) is 18.4. The number of hydrogen-bond donors (Lipinski definition) is 1. The van der Waals surface area contributed by atoms with Crippen molar-refractivity contribution >= 4 is 15.9 Å². The molecule has 0 saturated carbocycles. The summed E-state index contributed by atoms with van der Waals surface area (Å²) in [6.07, 6.45) is 3.45. The quantitative estimate of drug-likeness (QED) is 0.758. The van der Waals surface area contributed by atoms with E-state index in [-0.39, 0.29) is 18.5 Å². The molecule has 1 rings (SSSR count). The molecule has 6 nitrogen and oxygen atoms in total. The minimum Gasteiger partial charge on any atom is -0.368 e. The molecule has 1 amide bonds. The number of hydrogen-bond acceptors (Lipinski definition) is 4. The van der Waals surface area contributed by atoms with Gasteiger partial charge in [0.1, 0.15) is 6.10 Å². The molecule has 0 aromatic rings. The van der Waals surface area contributed by atoms with Gasteiger partial charge in [0.15, 0.2) is 0 Å². The molecular formula is C14H28N2O4S. The Hall–Kier alpha value is -0.660. The summed E-state index contributed by atoms with van der Waals surface area (Å²) in [4.78, 5) is 14.2. The van der Waals surface area contributed by atoms with Crippen LogP contribution in [0.25, 0.3) is 0 Å². The molecule has 0 spiro atoms. The average Bonchev–Trinajstić information content (AvgIpc) is 2.41. The van der Waals surface area contributed by atoms with Gasteiger partial charge in [-0.25, -0.2) is 13.1 Å². The summed E-state index contributed by atoms with van der Waals surface area (Å²) in [6, 6.07) is -0.0777. The number of sulfonamides is 1. The van der Waals surface area contributed by atoms with Gasteiger partial charge < -0.3 is 9.64 Å². The fraction of sp³-hybridized carbons (Fsp3) is 0.929. The summed E-state index contributed by atoms with van der Waals surface area (Å²) in [5.41, 5.74) is 0. The third-order valence-corrected chi connectivity index (χ3v) is 4.21. The van der Waals surface area contributed by atoms with E-state index in [0.29, 0.717) is 19.1 Å². The molecule has 21 heavy (non-hydrogen) atoms. The van der Waals surface area contributed by atoms with E-state index in [1.807, 2.05) is 13.8 Å². The number of carbonyl (C=O) groups excluding carboxylic acids is 1. The normalized spacial score (nSPS) is 21.6. The summed E-state index contributed by atoms with van der Waals surface area (Å²) in [5.74, 6) is 0.333. The summed E-state index contributed by atoms with van der Waals surface area (Å²) in [7, 11) is -3.23. The van der Waals surface area contributed by atoms with Crippen LogP contribution < -0.4 is 4.72 Å². The lowest BCUT2D eigenvalue weighted by atomic mass is 10.0. The van der Waals surface area contributed by atoms with Gasteiger partial charge in [0.25, 0.3) is 5.91 Å². The maximum atomic E-state index is 12.5. The highest BCUT2D eigenvalue weighted by Gasteiger charge is 2.30. The van der Waals surface area contributed by atoms with Gasteiger partial charge in [0.2, 0.25) is 10.0 Å². The second-order valence-electron chi connectivity index (χ2n) is 6.17. The van der Waals surface area contributed by atoms with Crippen molar-refractivity contribution in [1.29, 1.82) is 0 Å². The highest BCUT2D eigenvalue weighted by Crippen LogP contribution is 2.18. The van der Waals surface area contributed by atoms with Gasteiger partial charge in [0, 0.05) is 25.7 Å². The van der Waals surface area contributed by atoms with Crippen molar-refractivity contribution < 1.29 is 17.9 Å². The van der Waals surface area contributed by atoms with Gasteiger partial charge in [-0.1, -0.05) is 13.8 Å². The van der Waals surface area contributed by atoms with Crippen LogP contribution in [-0.2, 0) is 19.6 Å². The highest BCUT2D eigenvalue weighted by atomic mass is 32.2. The van der Waals surface area contributed by atoms with Gasteiger partial charge in [-0.15, -0.1) is 0 Å². The monoisotopic (exact) mass is 320 g/mol. The van der Waals surface area contributed by atoms with Crippen LogP contribution in [0.3, 0.4) is 0 Å². The van der Waals surface area contributed by atoms with Crippen LogP contribution in [0.1, 0.15) is 40.0 Å². The minimum absolute atomic E-state index is 0.0457. The van der Waals surface area contributed by atoms with E-state index in [1.54, 1.807) is 11.8 Å². The van der Waals surface area contributed by atoms with Crippen molar-refractivity contribution in [3.8, 4) is 0 Å². The molecule has 0 aliphatic carbocycles. The molecule has 0 unspecified atom stereocenters. The zero-order chi connectivity index (χ0) is 16.0. The molecule has 0 aromatic carbocycles. The van der Waals surface area contributed by atoms with E-state index in [2.05, 4.69) is 4.72 Å². The van der Waals surface area contributed by atoms with Crippen LogP contribution >= 0.6 is 0 Å². The van der Waals surface area contributed by atoms with Gasteiger partial charge in [-0.2, -0.15) is 0 Å². The Bertz CT molecular complexity index is 436. The van der Waals surface area contributed by atoms with Crippen LogP contribution in [0.2, 0.25) is 0 Å². The third kappa shape index (κ3) is 6.76. The van der Waals surface area contributed by atoms with Crippen molar-refractivity contribution in [2.24, 2.45) is 5.92 Å². The summed E-state index contributed by atoms with van der Waals surface area (Å²) in [6.45, 7) is 7.34. The van der Waals surface area contributed by atoms with Gasteiger partial charge in [-0.3, -0.25) is 4.79 Å². The standard InChI is InChI=1S/C14H28N2O4S/c1-11(2)10-20-12(3)14(17)16-8-6-5-7-13(16)9-15-21(4,18)19/h11-13,15H,5-10H2,1-4H3/t12-,13-/m0/s1. The second kappa shape index (κ2) is 8.10. The lowest BCUT2D eigenvalue weighted by Gasteiger charge is -2.37. The molecule has 1 aliphatic rings. The molecule has 124 valence electrons. The lowest BCUT2D eigenvalue weighted by molar-refractivity contribution is -0.146. The Kier molecular flexibility index (Phi) is 7.09. The topological polar surface area (TPSA) is 75.7 Å². The molecule has 2 atom stereocenters. The molecule has 1 fully saturated rings. The zero-order valence-corrected chi connectivity index (χ0v) is 14.3. The number of piperidine rings is 1. The largest absolute Gasteiger partial charge is 0.368 e. The molecule has 1 heterocycles. The van der Waals surface area contributed by atoms with Crippen LogP contribution in [0.4, 0.5) is 0 Å². The van der Waals surface area contributed by atoms with E-state index in [4.69, 9.17) is 4.74 Å². The molecule has 7 heteroatoms. The number of amides is 1. The maximum Gasteiger partial charge on any atom is 0.251 e. The number of likely N-dealkylation sites (tertiary alicyclic amines) is 1. The summed E-state index contributed by atoms with van der Waals surface area (Å²) >= 11 is 0.